The van der Waals surface area contributed by atoms with Crippen molar-refractivity contribution >= 4 is 17.7 Å². The Morgan fingerprint density at radius 2 is 2.04 bits per heavy atom. The van der Waals surface area contributed by atoms with Gasteiger partial charge >= 0.3 is 0 Å². The lowest BCUT2D eigenvalue weighted by Crippen LogP contribution is -2.52. The molecule has 3 atom stereocenters. The van der Waals surface area contributed by atoms with Gasteiger partial charge in [0.25, 0.3) is 5.91 Å². The third-order valence-electron chi connectivity index (χ3n) is 5.88. The first-order valence-corrected chi connectivity index (χ1v) is 9.26. The SMILES string of the molecule is N[C@@H]1CC[C@@H]1CNCc1cccc2c1CN(C1CCC(=O)NC1=O)C2=O. The fraction of sp³-hybridized carbons (Fsp3) is 0.526. The molecule has 7 nitrogen and oxygen atoms in total. The Balaban J connectivity index is 1.45. The van der Waals surface area contributed by atoms with E-state index in [0.717, 1.165) is 24.1 Å². The van der Waals surface area contributed by atoms with Crippen LogP contribution in [-0.4, -0.2) is 41.2 Å². The van der Waals surface area contributed by atoms with Crippen LogP contribution in [0.4, 0.5) is 0 Å². The van der Waals surface area contributed by atoms with Crippen molar-refractivity contribution in [3.8, 4) is 0 Å². The molecule has 0 radical (unpaired) electrons. The molecule has 0 bridgehead atoms. The minimum absolute atomic E-state index is 0.127. The maximum absolute atomic E-state index is 12.8. The first kappa shape index (κ1) is 17.2. The van der Waals surface area contributed by atoms with Gasteiger partial charge in [0.2, 0.25) is 11.8 Å². The van der Waals surface area contributed by atoms with Crippen molar-refractivity contribution in [2.75, 3.05) is 6.54 Å². The van der Waals surface area contributed by atoms with Gasteiger partial charge in [-0.1, -0.05) is 12.1 Å². The van der Waals surface area contributed by atoms with E-state index in [4.69, 9.17) is 5.73 Å². The average Bonchev–Trinajstić information content (AvgIpc) is 2.95. The van der Waals surface area contributed by atoms with Gasteiger partial charge in [-0.05, 0) is 48.9 Å². The summed E-state index contributed by atoms with van der Waals surface area (Å²) in [4.78, 5) is 37.9. The molecule has 1 aliphatic carbocycles. The van der Waals surface area contributed by atoms with Gasteiger partial charge < -0.3 is 16.0 Å². The van der Waals surface area contributed by atoms with Crippen LogP contribution in [0, 0.1) is 5.92 Å². The van der Waals surface area contributed by atoms with Gasteiger partial charge in [0, 0.05) is 31.1 Å². The first-order valence-electron chi connectivity index (χ1n) is 9.26. The molecule has 26 heavy (non-hydrogen) atoms. The van der Waals surface area contributed by atoms with Gasteiger partial charge in [-0.15, -0.1) is 0 Å². The number of carbonyl (C=O) groups excluding carboxylic acids is 3. The Morgan fingerprint density at radius 1 is 1.19 bits per heavy atom. The average molecular weight is 356 g/mol. The second-order valence-electron chi connectivity index (χ2n) is 7.48. The minimum Gasteiger partial charge on any atom is -0.327 e. The number of nitrogens with zero attached hydrogens (tertiary/aromatic N) is 1. The molecule has 2 fully saturated rings. The topological polar surface area (TPSA) is 105 Å². The summed E-state index contributed by atoms with van der Waals surface area (Å²) in [6, 6.07) is 5.45. The molecule has 1 aromatic carbocycles. The Kier molecular flexibility index (Phi) is 4.50. The fourth-order valence-corrected chi connectivity index (χ4v) is 4.06. The number of piperidine rings is 1. The number of fused-ring (bicyclic) bond motifs is 1. The van der Waals surface area contributed by atoms with Crippen LogP contribution in [0.3, 0.4) is 0 Å². The van der Waals surface area contributed by atoms with Gasteiger partial charge in [-0.3, -0.25) is 19.7 Å². The molecule has 1 aromatic rings. The lowest BCUT2D eigenvalue weighted by atomic mass is 9.80. The van der Waals surface area contributed by atoms with Crippen LogP contribution in [0.15, 0.2) is 18.2 Å². The highest BCUT2D eigenvalue weighted by Crippen LogP contribution is 2.30. The van der Waals surface area contributed by atoms with Crippen molar-refractivity contribution in [2.24, 2.45) is 11.7 Å². The van der Waals surface area contributed by atoms with E-state index >= 15 is 0 Å². The molecular formula is C19H24N4O3. The molecular weight excluding hydrogens is 332 g/mol. The van der Waals surface area contributed by atoms with Gasteiger partial charge in [0.05, 0.1) is 0 Å². The second kappa shape index (κ2) is 6.81. The Labute approximate surface area is 152 Å². The van der Waals surface area contributed by atoms with Gasteiger partial charge in [-0.25, -0.2) is 0 Å². The standard InChI is InChI=1S/C19H24N4O3/c20-15-5-4-12(15)9-21-8-11-2-1-3-13-14(11)10-23(19(13)26)16-6-7-17(24)22-18(16)25/h1-3,12,15-16,21H,4-10,20H2,(H,22,24,25)/t12-,15-,16?/m1/s1. The highest BCUT2D eigenvalue weighted by molar-refractivity contribution is 6.05. The van der Waals surface area contributed by atoms with Crippen molar-refractivity contribution in [1.29, 1.82) is 0 Å². The predicted molar refractivity (Wildman–Crippen MR) is 94.9 cm³/mol. The lowest BCUT2D eigenvalue weighted by Gasteiger charge is -2.33. The Bertz CT molecular complexity index is 763. The maximum atomic E-state index is 12.8. The van der Waals surface area contributed by atoms with Crippen LogP contribution in [0.1, 0.15) is 47.2 Å². The van der Waals surface area contributed by atoms with Crippen LogP contribution in [0.2, 0.25) is 0 Å². The largest absolute Gasteiger partial charge is 0.327 e. The van der Waals surface area contributed by atoms with Gasteiger partial charge in [0.15, 0.2) is 0 Å². The molecule has 0 spiro atoms. The number of hydrogen-bond donors (Lipinski definition) is 3. The van der Waals surface area contributed by atoms with Crippen LogP contribution < -0.4 is 16.4 Å². The highest BCUT2D eigenvalue weighted by Gasteiger charge is 2.39. The molecule has 7 heteroatoms. The lowest BCUT2D eigenvalue weighted by molar-refractivity contribution is -0.136. The smallest absolute Gasteiger partial charge is 0.255 e. The summed E-state index contributed by atoms with van der Waals surface area (Å²) in [6.45, 7) is 1.99. The minimum atomic E-state index is -0.568. The zero-order chi connectivity index (χ0) is 18.3. The first-order chi connectivity index (χ1) is 12.5. The molecule has 3 amide bonds. The molecule has 138 valence electrons. The van der Waals surface area contributed by atoms with Crippen molar-refractivity contribution in [3.05, 3.63) is 34.9 Å². The monoisotopic (exact) mass is 356 g/mol. The summed E-state index contributed by atoms with van der Waals surface area (Å²) in [5.41, 5.74) is 8.70. The maximum Gasteiger partial charge on any atom is 0.255 e. The summed E-state index contributed by atoms with van der Waals surface area (Å²) in [6.07, 6.45) is 2.93. The van der Waals surface area contributed by atoms with Crippen LogP contribution >= 0.6 is 0 Å². The third kappa shape index (κ3) is 3.01. The van der Waals surface area contributed by atoms with Crippen molar-refractivity contribution in [3.63, 3.8) is 0 Å². The number of hydrogen-bond acceptors (Lipinski definition) is 5. The van der Waals surface area contributed by atoms with Crippen LogP contribution in [0.25, 0.3) is 0 Å². The van der Waals surface area contributed by atoms with Crippen molar-refractivity contribution in [1.82, 2.24) is 15.5 Å². The normalized spacial score (nSPS) is 28.0. The molecule has 3 aliphatic rings. The molecule has 1 saturated heterocycles. The Morgan fingerprint density at radius 3 is 2.73 bits per heavy atom. The predicted octanol–water partition coefficient (Wildman–Crippen LogP) is 0.274. The van der Waals surface area contributed by atoms with Crippen molar-refractivity contribution in [2.45, 2.75) is 50.9 Å². The van der Waals surface area contributed by atoms with Gasteiger partial charge in [0.1, 0.15) is 6.04 Å². The third-order valence-corrected chi connectivity index (χ3v) is 5.88. The number of imide groups is 1. The van der Waals surface area contributed by atoms with E-state index in [-0.39, 0.29) is 24.1 Å². The number of nitrogens with two attached hydrogens (primary N) is 1. The van der Waals surface area contributed by atoms with E-state index in [1.165, 1.54) is 6.42 Å². The quantitative estimate of drug-likeness (QED) is 0.657. The van der Waals surface area contributed by atoms with Crippen molar-refractivity contribution < 1.29 is 14.4 Å². The van der Waals surface area contributed by atoms with E-state index < -0.39 is 6.04 Å². The summed E-state index contributed by atoms with van der Waals surface area (Å²) in [5.74, 6) is -0.235. The number of carbonyl (C=O) groups is 3. The fourth-order valence-electron chi connectivity index (χ4n) is 4.06. The molecule has 0 aromatic heterocycles. The van der Waals surface area contributed by atoms with Crippen LogP contribution in [0.5, 0.6) is 0 Å². The zero-order valence-electron chi connectivity index (χ0n) is 14.7. The molecule has 2 heterocycles. The van der Waals surface area contributed by atoms with E-state index in [0.29, 0.717) is 37.0 Å². The van der Waals surface area contributed by atoms with E-state index in [9.17, 15) is 14.4 Å². The summed E-state index contributed by atoms with van der Waals surface area (Å²) in [7, 11) is 0. The summed E-state index contributed by atoms with van der Waals surface area (Å²) >= 11 is 0. The van der Waals surface area contributed by atoms with E-state index in [2.05, 4.69) is 10.6 Å². The summed E-state index contributed by atoms with van der Waals surface area (Å²) < 4.78 is 0. The van der Waals surface area contributed by atoms with E-state index in [1.807, 2.05) is 18.2 Å². The Hall–Kier alpha value is -2.25. The number of amides is 3. The number of nitrogens with one attached hydrogen (secondary N) is 2. The van der Waals surface area contributed by atoms with E-state index in [1.54, 1.807) is 4.90 Å². The summed E-state index contributed by atoms with van der Waals surface area (Å²) in [5, 5.41) is 5.79. The molecule has 1 saturated carbocycles. The highest BCUT2D eigenvalue weighted by atomic mass is 16.2. The molecule has 4 rings (SSSR count). The van der Waals surface area contributed by atoms with Gasteiger partial charge in [-0.2, -0.15) is 0 Å². The number of rotatable bonds is 5. The van der Waals surface area contributed by atoms with Crippen LogP contribution in [-0.2, 0) is 22.7 Å². The second-order valence-corrected chi connectivity index (χ2v) is 7.48. The molecule has 2 aliphatic heterocycles. The molecule has 4 N–H and O–H groups in total. The number of benzene rings is 1. The molecule has 1 unspecified atom stereocenters. The zero-order valence-corrected chi connectivity index (χ0v) is 14.7.